The molecule has 0 atom stereocenters. The molecular weight excluding hydrogens is 200 g/mol. The van der Waals surface area contributed by atoms with Gasteiger partial charge in [0.15, 0.2) is 0 Å². The summed E-state index contributed by atoms with van der Waals surface area (Å²) >= 11 is 0. The van der Waals surface area contributed by atoms with Crippen LogP contribution in [0.1, 0.15) is 49.3 Å². The van der Waals surface area contributed by atoms with E-state index >= 15 is 0 Å². The zero-order chi connectivity index (χ0) is 12.1. The Morgan fingerprint density at radius 2 is 2.06 bits per heavy atom. The van der Waals surface area contributed by atoms with Crippen molar-refractivity contribution in [2.24, 2.45) is 0 Å². The van der Waals surface area contributed by atoms with Gasteiger partial charge in [0, 0.05) is 6.42 Å². The molecule has 16 heavy (non-hydrogen) atoms. The maximum absolute atomic E-state index is 10.4. The molecule has 0 radical (unpaired) electrons. The third-order valence-electron chi connectivity index (χ3n) is 2.88. The van der Waals surface area contributed by atoms with Crippen LogP contribution in [0.15, 0.2) is 18.2 Å². The van der Waals surface area contributed by atoms with Gasteiger partial charge >= 0.3 is 5.97 Å². The molecule has 0 fully saturated rings. The van der Waals surface area contributed by atoms with Crippen molar-refractivity contribution in [1.29, 1.82) is 0 Å². The minimum absolute atomic E-state index is 0.255. The molecule has 0 aliphatic heterocycles. The predicted octanol–water partition coefficient (Wildman–Crippen LogP) is 3.53. The van der Waals surface area contributed by atoms with Gasteiger partial charge in [0.05, 0.1) is 0 Å². The first-order chi connectivity index (χ1) is 7.50. The van der Waals surface area contributed by atoms with E-state index in [1.54, 1.807) is 0 Å². The number of benzene rings is 1. The van der Waals surface area contributed by atoms with Gasteiger partial charge in [-0.05, 0) is 42.4 Å². The Bertz CT molecular complexity index is 367. The van der Waals surface area contributed by atoms with Crippen molar-refractivity contribution in [1.82, 2.24) is 0 Å². The Kier molecular flexibility index (Phi) is 4.53. The standard InChI is InChI=1S/C14H20O2/c1-10(2)12-8-7-11(3)13(9-12)5-4-6-14(15)16/h7-10H,4-6H2,1-3H3,(H,15,16). The zero-order valence-electron chi connectivity index (χ0n) is 10.3. The molecule has 0 bridgehead atoms. The van der Waals surface area contributed by atoms with Crippen LogP contribution in [0.25, 0.3) is 0 Å². The van der Waals surface area contributed by atoms with Crippen LogP contribution >= 0.6 is 0 Å². The molecule has 0 spiro atoms. The summed E-state index contributed by atoms with van der Waals surface area (Å²) in [6.45, 7) is 6.43. The third-order valence-corrected chi connectivity index (χ3v) is 2.88. The second kappa shape index (κ2) is 5.69. The summed E-state index contributed by atoms with van der Waals surface area (Å²) in [5.74, 6) is -0.184. The highest BCUT2D eigenvalue weighted by Gasteiger charge is 2.04. The molecule has 0 saturated heterocycles. The molecule has 1 aromatic carbocycles. The highest BCUT2D eigenvalue weighted by atomic mass is 16.4. The average Bonchev–Trinajstić information content (AvgIpc) is 2.20. The van der Waals surface area contributed by atoms with Crippen molar-refractivity contribution in [2.45, 2.75) is 46.0 Å². The number of hydrogen-bond acceptors (Lipinski definition) is 1. The second-order valence-electron chi connectivity index (χ2n) is 4.59. The van der Waals surface area contributed by atoms with Crippen molar-refractivity contribution in [3.63, 3.8) is 0 Å². The Balaban J connectivity index is 2.70. The highest BCUT2D eigenvalue weighted by Crippen LogP contribution is 2.19. The molecule has 0 unspecified atom stereocenters. The fourth-order valence-corrected chi connectivity index (χ4v) is 1.75. The van der Waals surface area contributed by atoms with Crippen molar-refractivity contribution >= 4 is 5.97 Å². The first kappa shape index (κ1) is 12.8. The minimum Gasteiger partial charge on any atom is -0.481 e. The number of carbonyl (C=O) groups is 1. The lowest BCUT2D eigenvalue weighted by molar-refractivity contribution is -0.137. The molecule has 0 amide bonds. The van der Waals surface area contributed by atoms with E-state index in [2.05, 4.69) is 39.0 Å². The van der Waals surface area contributed by atoms with E-state index in [-0.39, 0.29) is 6.42 Å². The molecule has 0 aliphatic carbocycles. The van der Waals surface area contributed by atoms with E-state index in [1.807, 2.05) is 0 Å². The van der Waals surface area contributed by atoms with Crippen LogP contribution in [-0.4, -0.2) is 11.1 Å². The van der Waals surface area contributed by atoms with E-state index < -0.39 is 5.97 Å². The van der Waals surface area contributed by atoms with E-state index in [1.165, 1.54) is 16.7 Å². The maximum Gasteiger partial charge on any atom is 0.303 e. The summed E-state index contributed by atoms with van der Waals surface area (Å²) in [4.78, 5) is 10.4. The van der Waals surface area contributed by atoms with Gasteiger partial charge < -0.3 is 5.11 Å². The van der Waals surface area contributed by atoms with E-state index in [9.17, 15) is 4.79 Å². The molecule has 1 rings (SSSR count). The molecule has 1 N–H and O–H groups in total. The summed E-state index contributed by atoms with van der Waals surface area (Å²) in [6, 6.07) is 6.49. The number of aliphatic carboxylic acids is 1. The molecular formula is C14H20O2. The second-order valence-corrected chi connectivity index (χ2v) is 4.59. The molecule has 88 valence electrons. The number of hydrogen-bond donors (Lipinski definition) is 1. The number of aryl methyl sites for hydroxylation is 2. The highest BCUT2D eigenvalue weighted by molar-refractivity contribution is 5.66. The lowest BCUT2D eigenvalue weighted by Gasteiger charge is -2.10. The van der Waals surface area contributed by atoms with Crippen LogP contribution in [0.5, 0.6) is 0 Å². The summed E-state index contributed by atoms with van der Waals surface area (Å²) in [5.41, 5.74) is 3.87. The Morgan fingerprint density at radius 3 is 2.62 bits per heavy atom. The first-order valence-electron chi connectivity index (χ1n) is 5.82. The lowest BCUT2D eigenvalue weighted by Crippen LogP contribution is -1.98. The van der Waals surface area contributed by atoms with Gasteiger partial charge in [-0.3, -0.25) is 4.79 Å². The normalized spacial score (nSPS) is 10.8. The predicted molar refractivity (Wildman–Crippen MR) is 65.8 cm³/mol. The van der Waals surface area contributed by atoms with Gasteiger partial charge in [-0.2, -0.15) is 0 Å². The van der Waals surface area contributed by atoms with Crippen LogP contribution in [0.3, 0.4) is 0 Å². The van der Waals surface area contributed by atoms with Crippen molar-refractivity contribution < 1.29 is 9.90 Å². The average molecular weight is 220 g/mol. The SMILES string of the molecule is Cc1ccc(C(C)C)cc1CCCC(=O)O. The number of rotatable bonds is 5. The maximum atomic E-state index is 10.4. The van der Waals surface area contributed by atoms with Gasteiger partial charge in [-0.1, -0.05) is 32.0 Å². The number of carboxylic acid groups (broad SMARTS) is 1. The summed E-state index contributed by atoms with van der Waals surface area (Å²) < 4.78 is 0. The zero-order valence-corrected chi connectivity index (χ0v) is 10.3. The molecule has 0 saturated carbocycles. The van der Waals surface area contributed by atoms with Crippen LogP contribution in [0.2, 0.25) is 0 Å². The Labute approximate surface area is 97.3 Å². The van der Waals surface area contributed by atoms with Crippen LogP contribution in [-0.2, 0) is 11.2 Å². The third kappa shape index (κ3) is 3.69. The number of carboxylic acids is 1. The van der Waals surface area contributed by atoms with Crippen LogP contribution < -0.4 is 0 Å². The Morgan fingerprint density at radius 1 is 1.38 bits per heavy atom. The quantitative estimate of drug-likeness (QED) is 0.824. The lowest BCUT2D eigenvalue weighted by atomic mass is 9.95. The molecule has 0 aromatic heterocycles. The largest absolute Gasteiger partial charge is 0.481 e. The fraction of sp³-hybridized carbons (Fsp3) is 0.500. The van der Waals surface area contributed by atoms with Crippen LogP contribution in [0.4, 0.5) is 0 Å². The van der Waals surface area contributed by atoms with Crippen molar-refractivity contribution in [2.75, 3.05) is 0 Å². The summed E-state index contributed by atoms with van der Waals surface area (Å²) in [5, 5.41) is 8.60. The Hall–Kier alpha value is -1.31. The summed E-state index contributed by atoms with van der Waals surface area (Å²) in [6.07, 6.45) is 1.84. The minimum atomic E-state index is -0.710. The van der Waals surface area contributed by atoms with E-state index in [4.69, 9.17) is 5.11 Å². The topological polar surface area (TPSA) is 37.3 Å². The van der Waals surface area contributed by atoms with E-state index in [0.717, 1.165) is 12.8 Å². The van der Waals surface area contributed by atoms with Gasteiger partial charge in [0.1, 0.15) is 0 Å². The van der Waals surface area contributed by atoms with Gasteiger partial charge in [-0.15, -0.1) is 0 Å². The molecule has 1 aromatic rings. The van der Waals surface area contributed by atoms with Crippen molar-refractivity contribution in [3.8, 4) is 0 Å². The fourth-order valence-electron chi connectivity index (χ4n) is 1.75. The van der Waals surface area contributed by atoms with Gasteiger partial charge in [0.2, 0.25) is 0 Å². The van der Waals surface area contributed by atoms with Crippen LogP contribution in [0, 0.1) is 6.92 Å². The van der Waals surface area contributed by atoms with Gasteiger partial charge in [-0.25, -0.2) is 0 Å². The molecule has 0 heterocycles. The molecule has 2 heteroatoms. The first-order valence-corrected chi connectivity index (χ1v) is 5.82. The van der Waals surface area contributed by atoms with E-state index in [0.29, 0.717) is 5.92 Å². The van der Waals surface area contributed by atoms with Crippen molar-refractivity contribution in [3.05, 3.63) is 34.9 Å². The molecule has 0 aliphatic rings. The smallest absolute Gasteiger partial charge is 0.303 e. The monoisotopic (exact) mass is 220 g/mol. The summed E-state index contributed by atoms with van der Waals surface area (Å²) in [7, 11) is 0. The molecule has 2 nitrogen and oxygen atoms in total. The van der Waals surface area contributed by atoms with Gasteiger partial charge in [0.25, 0.3) is 0 Å².